The summed E-state index contributed by atoms with van der Waals surface area (Å²) in [6, 6.07) is 15.9. The number of rotatable bonds is 1. The molecule has 2 heterocycles. The number of carbonyl (C=O) groups is 1. The normalized spacial score (nSPS) is 21.6. The molecule has 4 heteroatoms. The van der Waals surface area contributed by atoms with Crippen molar-refractivity contribution in [3.63, 3.8) is 0 Å². The maximum atomic E-state index is 13.4. The average Bonchev–Trinajstić information content (AvgIpc) is 2.74. The van der Waals surface area contributed by atoms with Crippen molar-refractivity contribution in [2.45, 2.75) is 37.5 Å². The van der Waals surface area contributed by atoms with Crippen LogP contribution in [0.1, 0.15) is 47.2 Å². The van der Waals surface area contributed by atoms with Gasteiger partial charge in [-0.05, 0) is 49.3 Å². The zero-order chi connectivity index (χ0) is 19.1. The van der Waals surface area contributed by atoms with Gasteiger partial charge in [0.25, 0.3) is 5.91 Å². The molecule has 5 rings (SSSR count). The molecule has 1 fully saturated rings. The van der Waals surface area contributed by atoms with Gasteiger partial charge >= 0.3 is 5.63 Å². The smallest absolute Gasteiger partial charge is 0.343 e. The minimum atomic E-state index is -0.400. The predicted molar refractivity (Wildman–Crippen MR) is 109 cm³/mol. The van der Waals surface area contributed by atoms with Crippen LogP contribution in [0.2, 0.25) is 0 Å². The Morgan fingerprint density at radius 3 is 2.61 bits per heavy atom. The van der Waals surface area contributed by atoms with E-state index in [1.165, 1.54) is 23.8 Å². The molecular formula is C24H23NO3. The Kier molecular flexibility index (Phi) is 4.08. The van der Waals surface area contributed by atoms with Crippen LogP contribution in [0, 0.1) is 0 Å². The molecule has 1 aliphatic heterocycles. The summed E-state index contributed by atoms with van der Waals surface area (Å²) in [7, 11) is 0. The van der Waals surface area contributed by atoms with Crippen LogP contribution in [0.25, 0.3) is 10.8 Å². The molecule has 4 nitrogen and oxygen atoms in total. The fourth-order valence-corrected chi connectivity index (χ4v) is 5.21. The standard InChI is InChI=1S/C24H23NO3/c26-22(20-15-28-23(27)19-10-3-2-9-18(19)20)25-14-6-13-24(16-25)12-5-8-17-7-1-4-11-21(17)24/h1-4,7,9-11,15H,5-6,8,12-14,16H2. The molecule has 1 aromatic heterocycles. The quantitative estimate of drug-likeness (QED) is 0.639. The van der Waals surface area contributed by atoms with Crippen LogP contribution >= 0.6 is 0 Å². The van der Waals surface area contributed by atoms with E-state index in [0.29, 0.717) is 16.3 Å². The molecule has 1 spiro atoms. The fourth-order valence-electron chi connectivity index (χ4n) is 5.21. The fraction of sp³-hybridized carbons (Fsp3) is 0.333. The summed E-state index contributed by atoms with van der Waals surface area (Å²) in [6.07, 6.45) is 6.87. The van der Waals surface area contributed by atoms with Gasteiger partial charge in [-0.15, -0.1) is 0 Å². The first-order chi connectivity index (χ1) is 13.7. The zero-order valence-corrected chi connectivity index (χ0v) is 15.8. The Morgan fingerprint density at radius 2 is 1.71 bits per heavy atom. The number of benzene rings is 2. The van der Waals surface area contributed by atoms with E-state index < -0.39 is 5.63 Å². The van der Waals surface area contributed by atoms with Gasteiger partial charge in [-0.2, -0.15) is 0 Å². The summed E-state index contributed by atoms with van der Waals surface area (Å²) in [5.41, 5.74) is 2.98. The number of nitrogens with zero attached hydrogens (tertiary/aromatic N) is 1. The van der Waals surface area contributed by atoms with Crippen molar-refractivity contribution in [2.75, 3.05) is 13.1 Å². The van der Waals surface area contributed by atoms with E-state index in [2.05, 4.69) is 24.3 Å². The minimum Gasteiger partial charge on any atom is -0.430 e. The highest BCUT2D eigenvalue weighted by molar-refractivity contribution is 6.06. The average molecular weight is 373 g/mol. The highest BCUT2D eigenvalue weighted by Crippen LogP contribution is 2.43. The number of likely N-dealkylation sites (tertiary alicyclic amines) is 1. The molecule has 1 atom stereocenters. The van der Waals surface area contributed by atoms with Crippen molar-refractivity contribution in [1.29, 1.82) is 0 Å². The van der Waals surface area contributed by atoms with E-state index >= 15 is 0 Å². The molecular weight excluding hydrogens is 350 g/mol. The van der Waals surface area contributed by atoms with Gasteiger partial charge in [0.15, 0.2) is 0 Å². The molecule has 28 heavy (non-hydrogen) atoms. The summed E-state index contributed by atoms with van der Waals surface area (Å²) in [5.74, 6) is -0.0397. The number of piperidine rings is 1. The summed E-state index contributed by atoms with van der Waals surface area (Å²) < 4.78 is 5.17. The Bertz CT molecular complexity index is 1120. The molecule has 0 N–H and O–H groups in total. The lowest BCUT2D eigenvalue weighted by Crippen LogP contribution is -2.50. The molecule has 2 aromatic carbocycles. The van der Waals surface area contributed by atoms with Gasteiger partial charge in [-0.25, -0.2) is 4.79 Å². The number of aryl methyl sites for hydroxylation is 1. The highest BCUT2D eigenvalue weighted by Gasteiger charge is 2.41. The van der Waals surface area contributed by atoms with Crippen LogP contribution < -0.4 is 5.63 Å². The second kappa shape index (κ2) is 6.62. The molecule has 1 aliphatic carbocycles. The first-order valence-electron chi connectivity index (χ1n) is 10.1. The molecule has 0 bridgehead atoms. The van der Waals surface area contributed by atoms with Gasteiger partial charge in [0, 0.05) is 23.9 Å². The van der Waals surface area contributed by atoms with Crippen LogP contribution in [0.5, 0.6) is 0 Å². The van der Waals surface area contributed by atoms with Gasteiger partial charge in [-0.1, -0.05) is 42.5 Å². The van der Waals surface area contributed by atoms with Crippen molar-refractivity contribution < 1.29 is 9.21 Å². The molecule has 1 saturated heterocycles. The van der Waals surface area contributed by atoms with E-state index in [4.69, 9.17) is 4.42 Å². The lowest BCUT2D eigenvalue weighted by atomic mass is 9.66. The lowest BCUT2D eigenvalue weighted by molar-refractivity contribution is 0.0616. The number of hydrogen-bond donors (Lipinski definition) is 0. The van der Waals surface area contributed by atoms with Gasteiger partial charge in [0.1, 0.15) is 6.26 Å². The summed E-state index contributed by atoms with van der Waals surface area (Å²) in [4.78, 5) is 27.4. The second-order valence-electron chi connectivity index (χ2n) is 8.10. The van der Waals surface area contributed by atoms with Crippen LogP contribution in [-0.2, 0) is 11.8 Å². The van der Waals surface area contributed by atoms with Gasteiger partial charge in [0.2, 0.25) is 0 Å². The van der Waals surface area contributed by atoms with E-state index in [1.807, 2.05) is 17.0 Å². The van der Waals surface area contributed by atoms with Crippen LogP contribution in [0.4, 0.5) is 0 Å². The van der Waals surface area contributed by atoms with Crippen molar-refractivity contribution in [3.05, 3.63) is 81.9 Å². The third kappa shape index (κ3) is 2.67. The third-order valence-electron chi connectivity index (χ3n) is 6.51. The topological polar surface area (TPSA) is 50.5 Å². The Labute approximate surface area is 163 Å². The summed E-state index contributed by atoms with van der Waals surface area (Å²) in [6.45, 7) is 1.48. The van der Waals surface area contributed by atoms with Crippen LogP contribution in [0.3, 0.4) is 0 Å². The SMILES string of the molecule is O=C(c1coc(=O)c2ccccc12)N1CCCC2(CCCc3ccccc32)C1. The van der Waals surface area contributed by atoms with Crippen molar-refractivity contribution in [1.82, 2.24) is 4.90 Å². The van der Waals surface area contributed by atoms with Gasteiger partial charge in [-0.3, -0.25) is 4.79 Å². The zero-order valence-electron chi connectivity index (χ0n) is 15.8. The highest BCUT2D eigenvalue weighted by atomic mass is 16.4. The monoisotopic (exact) mass is 373 g/mol. The number of amides is 1. The molecule has 142 valence electrons. The molecule has 1 unspecified atom stereocenters. The molecule has 3 aromatic rings. The Balaban J connectivity index is 1.53. The number of fused-ring (bicyclic) bond motifs is 3. The molecule has 0 saturated carbocycles. The largest absolute Gasteiger partial charge is 0.430 e. The first kappa shape index (κ1) is 17.2. The maximum absolute atomic E-state index is 13.4. The van der Waals surface area contributed by atoms with Crippen molar-refractivity contribution in [2.24, 2.45) is 0 Å². The molecule has 0 radical (unpaired) electrons. The Morgan fingerprint density at radius 1 is 0.964 bits per heavy atom. The van der Waals surface area contributed by atoms with E-state index in [0.717, 1.165) is 38.8 Å². The van der Waals surface area contributed by atoms with Crippen molar-refractivity contribution in [3.8, 4) is 0 Å². The van der Waals surface area contributed by atoms with Gasteiger partial charge in [0.05, 0.1) is 10.9 Å². The number of carbonyl (C=O) groups excluding carboxylic acids is 1. The molecule has 1 amide bonds. The first-order valence-corrected chi connectivity index (χ1v) is 10.1. The summed E-state index contributed by atoms with van der Waals surface area (Å²) >= 11 is 0. The second-order valence-corrected chi connectivity index (χ2v) is 8.10. The lowest BCUT2D eigenvalue weighted by Gasteiger charge is -2.46. The van der Waals surface area contributed by atoms with Crippen LogP contribution in [0.15, 0.2) is 64.0 Å². The van der Waals surface area contributed by atoms with Crippen molar-refractivity contribution >= 4 is 16.7 Å². The Hall–Kier alpha value is -2.88. The van der Waals surface area contributed by atoms with Crippen LogP contribution in [-0.4, -0.2) is 23.9 Å². The van der Waals surface area contributed by atoms with E-state index in [-0.39, 0.29) is 11.3 Å². The maximum Gasteiger partial charge on any atom is 0.343 e. The molecule has 2 aliphatic rings. The van der Waals surface area contributed by atoms with Gasteiger partial charge < -0.3 is 9.32 Å². The summed E-state index contributed by atoms with van der Waals surface area (Å²) in [5, 5.41) is 1.13. The third-order valence-corrected chi connectivity index (χ3v) is 6.51. The number of hydrogen-bond acceptors (Lipinski definition) is 3. The van der Waals surface area contributed by atoms with E-state index in [1.54, 1.807) is 12.1 Å². The predicted octanol–water partition coefficient (Wildman–Crippen LogP) is 4.30. The van der Waals surface area contributed by atoms with E-state index in [9.17, 15) is 9.59 Å². The minimum absolute atomic E-state index is 0.0397.